The molecule has 0 aromatic heterocycles. The Labute approximate surface area is 118 Å². The van der Waals surface area contributed by atoms with E-state index >= 15 is 0 Å². The van der Waals surface area contributed by atoms with Gasteiger partial charge in [-0.3, -0.25) is 10.1 Å². The van der Waals surface area contributed by atoms with Crippen LogP contribution >= 0.6 is 0 Å². The molecule has 1 unspecified atom stereocenters. The summed E-state index contributed by atoms with van der Waals surface area (Å²) >= 11 is 0. The zero-order valence-corrected chi connectivity index (χ0v) is 11.5. The van der Waals surface area contributed by atoms with Gasteiger partial charge < -0.3 is 10.2 Å². The molecular weight excluding hydrogens is 256 g/mol. The number of likely N-dealkylation sites (N-methyl/N-ethyl adjacent to an activating group) is 1. The highest BCUT2D eigenvalue weighted by molar-refractivity contribution is 5.60. The molecular formula is C14H18N4O2. The van der Waals surface area contributed by atoms with Crippen molar-refractivity contribution in [3.05, 3.63) is 33.9 Å². The zero-order chi connectivity index (χ0) is 14.5. The van der Waals surface area contributed by atoms with Crippen molar-refractivity contribution in [3.63, 3.8) is 0 Å². The Morgan fingerprint density at radius 3 is 2.95 bits per heavy atom. The molecule has 2 rings (SSSR count). The average Bonchev–Trinajstić information content (AvgIpc) is 2.48. The second kappa shape index (κ2) is 6.35. The van der Waals surface area contributed by atoms with E-state index in [0.29, 0.717) is 6.04 Å². The minimum Gasteiger partial charge on any atom is -0.368 e. The molecule has 0 spiro atoms. The molecule has 1 aromatic rings. The lowest BCUT2D eigenvalue weighted by molar-refractivity contribution is -0.385. The second-order valence-corrected chi connectivity index (χ2v) is 4.86. The monoisotopic (exact) mass is 274 g/mol. The molecule has 1 N–H and O–H groups in total. The van der Waals surface area contributed by atoms with E-state index in [2.05, 4.69) is 17.1 Å². The highest BCUT2D eigenvalue weighted by Crippen LogP contribution is 2.27. The number of nitro groups is 1. The number of nitrogens with one attached hydrogen (secondary N) is 1. The number of nitriles is 1. The van der Waals surface area contributed by atoms with Crippen molar-refractivity contribution in [1.82, 2.24) is 5.32 Å². The Hall–Kier alpha value is -2.13. The summed E-state index contributed by atoms with van der Waals surface area (Å²) < 4.78 is 0. The molecule has 20 heavy (non-hydrogen) atoms. The molecule has 1 saturated heterocycles. The lowest BCUT2D eigenvalue weighted by atomic mass is 10.0. The molecule has 1 heterocycles. The fourth-order valence-electron chi connectivity index (χ4n) is 2.70. The molecule has 6 heteroatoms. The number of rotatable bonds is 4. The van der Waals surface area contributed by atoms with Gasteiger partial charge in [-0.05, 0) is 38.4 Å². The summed E-state index contributed by atoms with van der Waals surface area (Å²) in [5, 5.41) is 23.3. The summed E-state index contributed by atoms with van der Waals surface area (Å²) in [6.07, 6.45) is 2.22. The number of anilines is 1. The first kappa shape index (κ1) is 14.3. The van der Waals surface area contributed by atoms with Crippen LogP contribution in [0.25, 0.3) is 0 Å². The number of nitrogens with zero attached hydrogens (tertiary/aromatic N) is 3. The molecule has 1 fully saturated rings. The van der Waals surface area contributed by atoms with E-state index in [1.165, 1.54) is 6.07 Å². The van der Waals surface area contributed by atoms with Gasteiger partial charge in [0.2, 0.25) is 0 Å². The molecule has 1 aromatic carbocycles. The van der Waals surface area contributed by atoms with Crippen molar-refractivity contribution in [2.75, 3.05) is 24.5 Å². The molecule has 1 aliphatic heterocycles. The van der Waals surface area contributed by atoms with Crippen molar-refractivity contribution >= 4 is 11.4 Å². The first-order valence-corrected chi connectivity index (χ1v) is 6.83. The predicted molar refractivity (Wildman–Crippen MR) is 76.7 cm³/mol. The third-order valence-corrected chi connectivity index (χ3v) is 3.68. The van der Waals surface area contributed by atoms with Crippen LogP contribution in [0.3, 0.4) is 0 Å². The van der Waals surface area contributed by atoms with Gasteiger partial charge in [-0.15, -0.1) is 0 Å². The van der Waals surface area contributed by atoms with Crippen molar-refractivity contribution in [3.8, 4) is 6.07 Å². The maximum atomic E-state index is 10.9. The average molecular weight is 274 g/mol. The number of piperidine rings is 1. The fourth-order valence-corrected chi connectivity index (χ4v) is 2.70. The summed E-state index contributed by atoms with van der Waals surface area (Å²) in [5.41, 5.74) is 0.868. The Morgan fingerprint density at radius 2 is 2.40 bits per heavy atom. The van der Waals surface area contributed by atoms with Gasteiger partial charge in [-0.2, -0.15) is 5.26 Å². The first-order chi connectivity index (χ1) is 9.67. The Kier molecular flexibility index (Phi) is 4.53. The van der Waals surface area contributed by atoms with Gasteiger partial charge in [0.25, 0.3) is 5.69 Å². The van der Waals surface area contributed by atoms with E-state index in [1.807, 2.05) is 6.07 Å². The summed E-state index contributed by atoms with van der Waals surface area (Å²) in [4.78, 5) is 12.6. The third-order valence-electron chi connectivity index (χ3n) is 3.68. The fraction of sp³-hybridized carbons (Fsp3) is 0.500. The largest absolute Gasteiger partial charge is 0.368 e. The van der Waals surface area contributed by atoms with E-state index in [1.54, 1.807) is 12.1 Å². The van der Waals surface area contributed by atoms with Gasteiger partial charge in [0.05, 0.1) is 4.92 Å². The number of nitro benzene ring substituents is 1. The smallest absolute Gasteiger partial charge is 0.287 e. The van der Waals surface area contributed by atoms with Crippen LogP contribution in [0, 0.1) is 21.4 Å². The van der Waals surface area contributed by atoms with Gasteiger partial charge >= 0.3 is 0 Å². The van der Waals surface area contributed by atoms with Crippen LogP contribution in [0.4, 0.5) is 11.4 Å². The number of hydrogen-bond acceptors (Lipinski definition) is 5. The summed E-state index contributed by atoms with van der Waals surface area (Å²) in [5.74, 6) is 0. The Balaban J connectivity index is 2.30. The first-order valence-electron chi connectivity index (χ1n) is 6.83. The topological polar surface area (TPSA) is 82.2 Å². The molecule has 6 nitrogen and oxygen atoms in total. The van der Waals surface area contributed by atoms with Crippen LogP contribution in [0.5, 0.6) is 0 Å². The molecule has 106 valence electrons. The van der Waals surface area contributed by atoms with Crippen LogP contribution < -0.4 is 10.2 Å². The van der Waals surface area contributed by atoms with Gasteiger partial charge in [0.15, 0.2) is 0 Å². The second-order valence-electron chi connectivity index (χ2n) is 4.86. The Morgan fingerprint density at radius 1 is 1.60 bits per heavy atom. The van der Waals surface area contributed by atoms with Crippen LogP contribution in [-0.4, -0.2) is 30.6 Å². The third kappa shape index (κ3) is 2.89. The predicted octanol–water partition coefficient (Wildman–Crippen LogP) is 2.04. The zero-order valence-electron chi connectivity index (χ0n) is 11.5. The van der Waals surface area contributed by atoms with Gasteiger partial charge in [-0.1, -0.05) is 0 Å². The quantitative estimate of drug-likeness (QED) is 0.671. The van der Waals surface area contributed by atoms with Crippen LogP contribution in [0.1, 0.15) is 25.3 Å². The molecule has 0 saturated carbocycles. The standard InChI is InChI=1S/C14H18N4O2/c1-2-17(13-4-3-7-16-10-13)12-5-6-14(18(19)20)11(8-12)9-15/h5-6,8,13,16H,2-4,7,10H2,1H3. The van der Waals surface area contributed by atoms with Crippen LogP contribution in [0.15, 0.2) is 18.2 Å². The molecule has 1 atom stereocenters. The van der Waals surface area contributed by atoms with Gasteiger partial charge in [0.1, 0.15) is 11.6 Å². The SMILES string of the molecule is CCN(c1ccc([N+](=O)[O-])c(C#N)c1)C1CCCNC1. The maximum absolute atomic E-state index is 10.9. The van der Waals surface area contributed by atoms with Crippen molar-refractivity contribution in [2.45, 2.75) is 25.8 Å². The summed E-state index contributed by atoms with van der Waals surface area (Å²) in [6, 6.07) is 7.07. The molecule has 0 aliphatic carbocycles. The minimum absolute atomic E-state index is 0.120. The highest BCUT2D eigenvalue weighted by Gasteiger charge is 2.22. The van der Waals surface area contributed by atoms with Crippen molar-refractivity contribution < 1.29 is 4.92 Å². The van der Waals surface area contributed by atoms with Gasteiger partial charge in [-0.25, -0.2) is 0 Å². The van der Waals surface area contributed by atoms with Crippen molar-refractivity contribution in [1.29, 1.82) is 5.26 Å². The molecule has 0 bridgehead atoms. The normalized spacial score (nSPS) is 18.3. The number of benzene rings is 1. The van der Waals surface area contributed by atoms with E-state index in [9.17, 15) is 10.1 Å². The highest BCUT2D eigenvalue weighted by atomic mass is 16.6. The summed E-state index contributed by atoms with van der Waals surface area (Å²) in [7, 11) is 0. The van der Waals surface area contributed by atoms with E-state index in [0.717, 1.165) is 38.2 Å². The van der Waals surface area contributed by atoms with Crippen molar-refractivity contribution in [2.24, 2.45) is 0 Å². The maximum Gasteiger partial charge on any atom is 0.287 e. The Bertz CT molecular complexity index is 532. The lowest BCUT2D eigenvalue weighted by Crippen LogP contribution is -2.46. The van der Waals surface area contributed by atoms with Gasteiger partial charge in [0, 0.05) is 30.9 Å². The lowest BCUT2D eigenvalue weighted by Gasteiger charge is -2.35. The van der Waals surface area contributed by atoms with E-state index < -0.39 is 4.92 Å². The minimum atomic E-state index is -0.513. The van der Waals surface area contributed by atoms with E-state index in [-0.39, 0.29) is 11.3 Å². The molecule has 0 amide bonds. The van der Waals surface area contributed by atoms with E-state index in [4.69, 9.17) is 5.26 Å². The van der Waals surface area contributed by atoms with Crippen LogP contribution in [-0.2, 0) is 0 Å². The molecule has 0 radical (unpaired) electrons. The summed E-state index contributed by atoms with van der Waals surface area (Å²) in [6.45, 7) is 4.82. The van der Waals surface area contributed by atoms with Crippen LogP contribution in [0.2, 0.25) is 0 Å². The molecule has 1 aliphatic rings. The number of hydrogen-bond donors (Lipinski definition) is 1.